The lowest BCUT2D eigenvalue weighted by molar-refractivity contribution is -0.0116. The molecule has 0 radical (unpaired) electrons. The number of likely N-dealkylation sites (tertiary alicyclic amines) is 1. The number of nitrogens with one attached hydrogen (secondary N) is 1. The summed E-state index contributed by atoms with van der Waals surface area (Å²) in [5.41, 5.74) is 0. The first-order chi connectivity index (χ1) is 8.61. The van der Waals surface area contributed by atoms with E-state index in [1.807, 2.05) is 0 Å². The van der Waals surface area contributed by atoms with Gasteiger partial charge in [0.2, 0.25) is 0 Å². The van der Waals surface area contributed by atoms with Gasteiger partial charge < -0.3 is 15.2 Å². The molecule has 0 spiro atoms. The fourth-order valence-electron chi connectivity index (χ4n) is 2.33. The average molecular weight is 258 g/mol. The van der Waals surface area contributed by atoms with E-state index in [0.29, 0.717) is 18.7 Å². The van der Waals surface area contributed by atoms with Crippen LogP contribution in [0.5, 0.6) is 0 Å². The summed E-state index contributed by atoms with van der Waals surface area (Å²) >= 11 is 0. The summed E-state index contributed by atoms with van der Waals surface area (Å²) < 4.78 is 5.80. The minimum absolute atomic E-state index is 0.280. The molecule has 1 aliphatic heterocycles. The van der Waals surface area contributed by atoms with Crippen molar-refractivity contribution >= 4 is 0 Å². The number of piperidine rings is 1. The molecule has 108 valence electrons. The fourth-order valence-corrected chi connectivity index (χ4v) is 2.33. The van der Waals surface area contributed by atoms with E-state index >= 15 is 0 Å². The summed E-state index contributed by atoms with van der Waals surface area (Å²) in [6.45, 7) is 10.7. The largest absolute Gasteiger partial charge is 0.390 e. The first-order valence-electron chi connectivity index (χ1n) is 7.37. The van der Waals surface area contributed by atoms with Crippen molar-refractivity contribution in [3.63, 3.8) is 0 Å². The van der Waals surface area contributed by atoms with Crippen LogP contribution in [0.1, 0.15) is 40.0 Å². The second-order valence-electron chi connectivity index (χ2n) is 5.61. The van der Waals surface area contributed by atoms with E-state index in [1.165, 1.54) is 6.42 Å². The minimum atomic E-state index is -0.280. The van der Waals surface area contributed by atoms with Crippen LogP contribution in [-0.2, 0) is 4.74 Å². The van der Waals surface area contributed by atoms with Crippen LogP contribution in [0.3, 0.4) is 0 Å². The zero-order valence-electron chi connectivity index (χ0n) is 12.2. The zero-order chi connectivity index (χ0) is 13.4. The molecule has 0 bridgehead atoms. The summed E-state index contributed by atoms with van der Waals surface area (Å²) in [6, 6.07) is 0.432. The Morgan fingerprint density at radius 3 is 2.89 bits per heavy atom. The standard InChI is InChI=1S/C14H30N2O2/c1-4-8-18-14-6-5-7-16(11-14)10-13(17)9-15-12(2)3/h12-15,17H,4-11H2,1-3H3. The third-order valence-electron chi connectivity index (χ3n) is 3.25. The second kappa shape index (κ2) is 8.86. The van der Waals surface area contributed by atoms with Crippen molar-refractivity contribution in [1.82, 2.24) is 10.2 Å². The number of nitrogens with zero attached hydrogens (tertiary/aromatic N) is 1. The molecule has 1 aliphatic rings. The molecule has 4 heteroatoms. The number of rotatable bonds is 8. The molecule has 0 amide bonds. The van der Waals surface area contributed by atoms with Gasteiger partial charge >= 0.3 is 0 Å². The molecule has 1 heterocycles. The molecule has 0 saturated carbocycles. The Balaban J connectivity index is 2.20. The Kier molecular flexibility index (Phi) is 7.82. The molecule has 4 nitrogen and oxygen atoms in total. The molecule has 0 aromatic carbocycles. The molecule has 1 fully saturated rings. The summed E-state index contributed by atoms with van der Waals surface area (Å²) in [7, 11) is 0. The van der Waals surface area contributed by atoms with Crippen molar-refractivity contribution in [2.45, 2.75) is 58.3 Å². The smallest absolute Gasteiger partial charge is 0.0791 e. The molecular weight excluding hydrogens is 228 g/mol. The lowest BCUT2D eigenvalue weighted by atomic mass is 10.1. The number of aliphatic hydroxyl groups excluding tert-OH is 1. The van der Waals surface area contributed by atoms with E-state index in [2.05, 4.69) is 31.0 Å². The van der Waals surface area contributed by atoms with E-state index in [0.717, 1.165) is 39.1 Å². The highest BCUT2D eigenvalue weighted by molar-refractivity contribution is 4.76. The molecule has 2 atom stereocenters. The molecule has 0 aromatic rings. The summed E-state index contributed by atoms with van der Waals surface area (Å²) in [4.78, 5) is 2.33. The van der Waals surface area contributed by atoms with Gasteiger partial charge in [-0.1, -0.05) is 20.8 Å². The van der Waals surface area contributed by atoms with Crippen LogP contribution in [0.25, 0.3) is 0 Å². The van der Waals surface area contributed by atoms with E-state index in [4.69, 9.17) is 4.74 Å². The van der Waals surface area contributed by atoms with Gasteiger partial charge in [-0.05, 0) is 25.8 Å². The molecule has 0 aliphatic carbocycles. The van der Waals surface area contributed by atoms with Crippen molar-refractivity contribution in [3.05, 3.63) is 0 Å². The Morgan fingerprint density at radius 2 is 2.22 bits per heavy atom. The number of hydrogen-bond donors (Lipinski definition) is 2. The monoisotopic (exact) mass is 258 g/mol. The topological polar surface area (TPSA) is 44.7 Å². The summed E-state index contributed by atoms with van der Waals surface area (Å²) in [5.74, 6) is 0. The van der Waals surface area contributed by atoms with Crippen LogP contribution in [0.2, 0.25) is 0 Å². The maximum Gasteiger partial charge on any atom is 0.0791 e. The normalized spacial score (nSPS) is 23.5. The van der Waals surface area contributed by atoms with Gasteiger partial charge in [-0.3, -0.25) is 4.90 Å². The highest BCUT2D eigenvalue weighted by atomic mass is 16.5. The lowest BCUT2D eigenvalue weighted by Gasteiger charge is -2.34. The predicted octanol–water partition coefficient (Wildman–Crippen LogP) is 1.24. The van der Waals surface area contributed by atoms with Crippen LogP contribution in [-0.4, -0.2) is 61.0 Å². The first-order valence-corrected chi connectivity index (χ1v) is 7.37. The number of aliphatic hydroxyl groups is 1. The third-order valence-corrected chi connectivity index (χ3v) is 3.25. The van der Waals surface area contributed by atoms with Crippen molar-refractivity contribution in [3.8, 4) is 0 Å². The van der Waals surface area contributed by atoms with Gasteiger partial charge in [0, 0.05) is 32.3 Å². The van der Waals surface area contributed by atoms with Crippen molar-refractivity contribution in [1.29, 1.82) is 0 Å². The van der Waals surface area contributed by atoms with E-state index in [9.17, 15) is 5.11 Å². The summed E-state index contributed by atoms with van der Waals surface area (Å²) in [5, 5.41) is 13.2. The zero-order valence-corrected chi connectivity index (χ0v) is 12.2. The quantitative estimate of drug-likeness (QED) is 0.687. The lowest BCUT2D eigenvalue weighted by Crippen LogP contribution is -2.46. The molecule has 1 saturated heterocycles. The molecule has 2 N–H and O–H groups in total. The first kappa shape index (κ1) is 15.9. The van der Waals surface area contributed by atoms with Crippen LogP contribution < -0.4 is 5.32 Å². The van der Waals surface area contributed by atoms with Gasteiger partial charge in [0.1, 0.15) is 0 Å². The van der Waals surface area contributed by atoms with Crippen molar-refractivity contribution in [2.24, 2.45) is 0 Å². The molecule has 0 aromatic heterocycles. The van der Waals surface area contributed by atoms with Crippen LogP contribution in [0.4, 0.5) is 0 Å². The Labute approximate surface area is 112 Å². The second-order valence-corrected chi connectivity index (χ2v) is 5.61. The molecule has 18 heavy (non-hydrogen) atoms. The summed E-state index contributed by atoms with van der Waals surface area (Å²) in [6.07, 6.45) is 3.51. The number of β-amino-alcohol motifs (C(OH)–C–C–N with tert-alkyl or cyclic N) is 1. The van der Waals surface area contributed by atoms with E-state index < -0.39 is 0 Å². The Bertz CT molecular complexity index is 212. The van der Waals surface area contributed by atoms with Crippen LogP contribution >= 0.6 is 0 Å². The van der Waals surface area contributed by atoms with Crippen LogP contribution in [0.15, 0.2) is 0 Å². The average Bonchev–Trinajstić information content (AvgIpc) is 2.34. The predicted molar refractivity (Wildman–Crippen MR) is 74.9 cm³/mol. The fraction of sp³-hybridized carbons (Fsp3) is 1.00. The van der Waals surface area contributed by atoms with Gasteiger partial charge in [0.25, 0.3) is 0 Å². The third kappa shape index (κ3) is 6.69. The minimum Gasteiger partial charge on any atom is -0.390 e. The van der Waals surface area contributed by atoms with Crippen molar-refractivity contribution < 1.29 is 9.84 Å². The number of hydrogen-bond acceptors (Lipinski definition) is 4. The maximum absolute atomic E-state index is 9.97. The Hall–Kier alpha value is -0.160. The molecule has 1 rings (SSSR count). The van der Waals surface area contributed by atoms with Gasteiger partial charge in [-0.15, -0.1) is 0 Å². The maximum atomic E-state index is 9.97. The van der Waals surface area contributed by atoms with Gasteiger partial charge in [-0.2, -0.15) is 0 Å². The van der Waals surface area contributed by atoms with Gasteiger partial charge in [0.15, 0.2) is 0 Å². The molecule has 2 unspecified atom stereocenters. The van der Waals surface area contributed by atoms with Gasteiger partial charge in [0.05, 0.1) is 12.2 Å². The Morgan fingerprint density at radius 1 is 1.44 bits per heavy atom. The van der Waals surface area contributed by atoms with E-state index in [1.54, 1.807) is 0 Å². The number of ether oxygens (including phenoxy) is 1. The SMILES string of the molecule is CCCOC1CCCN(CC(O)CNC(C)C)C1. The highest BCUT2D eigenvalue weighted by Gasteiger charge is 2.21. The van der Waals surface area contributed by atoms with Gasteiger partial charge in [-0.25, -0.2) is 0 Å². The highest BCUT2D eigenvalue weighted by Crippen LogP contribution is 2.13. The molecular formula is C14H30N2O2. The van der Waals surface area contributed by atoms with E-state index in [-0.39, 0.29) is 6.10 Å². The van der Waals surface area contributed by atoms with Crippen molar-refractivity contribution in [2.75, 3.05) is 32.8 Å². The van der Waals surface area contributed by atoms with Crippen LogP contribution in [0, 0.1) is 0 Å².